The summed E-state index contributed by atoms with van der Waals surface area (Å²) in [6, 6.07) is 15.4. The number of benzene rings is 2. The number of amides is 1. The van der Waals surface area contributed by atoms with Gasteiger partial charge in [0.15, 0.2) is 0 Å². The van der Waals surface area contributed by atoms with Crippen LogP contribution in [-0.2, 0) is 4.79 Å². The van der Waals surface area contributed by atoms with E-state index in [1.165, 1.54) is 16.3 Å². The first kappa shape index (κ1) is 18.3. The van der Waals surface area contributed by atoms with Gasteiger partial charge in [-0.15, -0.1) is 0 Å². The molecule has 4 atom stereocenters. The summed E-state index contributed by atoms with van der Waals surface area (Å²) in [7, 11) is 0. The van der Waals surface area contributed by atoms with Crippen molar-refractivity contribution in [1.82, 2.24) is 25.3 Å². The largest absolute Gasteiger partial charge is 0.340 e. The van der Waals surface area contributed by atoms with E-state index in [-0.39, 0.29) is 18.0 Å². The number of imidazole rings is 1. The minimum Gasteiger partial charge on any atom is -0.340 e. The molecule has 2 aromatic carbocycles. The normalized spacial score (nSPS) is 25.2. The van der Waals surface area contributed by atoms with Crippen LogP contribution in [-0.4, -0.2) is 39.5 Å². The molecule has 4 unspecified atom stereocenters. The van der Waals surface area contributed by atoms with Crippen molar-refractivity contribution >= 4 is 16.7 Å². The summed E-state index contributed by atoms with van der Waals surface area (Å²) in [6.07, 6.45) is 4.61. The number of carbonyl (C=O) groups excluding carboxylic acids is 1. The summed E-state index contributed by atoms with van der Waals surface area (Å²) in [5, 5.41) is 2.53. The molecule has 6 nitrogen and oxygen atoms in total. The standard InChI is InChI=1S/C23H27N5O/c1-15(28-13-11-24-16(28)2)23(29)27-12-10-21-20(14-27)22(26-25-21)19-9-5-7-17-6-3-4-8-18(17)19/h3-9,11,13,15,20-22,25-26H,10,12,14H2,1-2H3. The molecule has 150 valence electrons. The molecule has 29 heavy (non-hydrogen) atoms. The van der Waals surface area contributed by atoms with Crippen LogP contribution in [0.15, 0.2) is 54.9 Å². The maximum atomic E-state index is 13.2. The average molecular weight is 390 g/mol. The van der Waals surface area contributed by atoms with Crippen molar-refractivity contribution in [2.45, 2.75) is 38.4 Å². The SMILES string of the molecule is Cc1nccn1C(C)C(=O)N1CCC2NNC(c3cccc4ccccc34)C2C1. The molecule has 0 aliphatic carbocycles. The van der Waals surface area contributed by atoms with Gasteiger partial charge in [-0.25, -0.2) is 10.4 Å². The van der Waals surface area contributed by atoms with Gasteiger partial charge < -0.3 is 9.47 Å². The minimum atomic E-state index is -0.229. The topological polar surface area (TPSA) is 62.2 Å². The zero-order valence-corrected chi connectivity index (χ0v) is 16.9. The summed E-state index contributed by atoms with van der Waals surface area (Å²) >= 11 is 0. The molecule has 2 aliphatic heterocycles. The zero-order valence-electron chi connectivity index (χ0n) is 16.9. The number of nitrogens with zero attached hydrogens (tertiary/aromatic N) is 3. The van der Waals surface area contributed by atoms with E-state index in [1.807, 2.05) is 29.5 Å². The molecule has 2 N–H and O–H groups in total. The molecule has 1 aromatic heterocycles. The van der Waals surface area contributed by atoms with E-state index in [4.69, 9.17) is 0 Å². The van der Waals surface area contributed by atoms with E-state index in [2.05, 4.69) is 58.3 Å². The summed E-state index contributed by atoms with van der Waals surface area (Å²) in [5.41, 5.74) is 8.33. The molecule has 3 heterocycles. The van der Waals surface area contributed by atoms with Gasteiger partial charge in [-0.3, -0.25) is 10.2 Å². The first-order valence-electron chi connectivity index (χ1n) is 10.4. The fraction of sp³-hybridized carbons (Fsp3) is 0.391. The van der Waals surface area contributed by atoms with Crippen molar-refractivity contribution in [3.05, 3.63) is 66.2 Å². The zero-order chi connectivity index (χ0) is 20.0. The van der Waals surface area contributed by atoms with Crippen LogP contribution in [0.1, 0.15) is 36.8 Å². The highest BCUT2D eigenvalue weighted by Gasteiger charge is 2.42. The van der Waals surface area contributed by atoms with E-state index in [0.717, 1.165) is 25.3 Å². The van der Waals surface area contributed by atoms with Crippen LogP contribution in [0, 0.1) is 12.8 Å². The summed E-state index contributed by atoms with van der Waals surface area (Å²) in [6.45, 7) is 5.46. The molecular formula is C23H27N5O. The second-order valence-corrected chi connectivity index (χ2v) is 8.24. The number of carbonyl (C=O) groups is 1. The second-order valence-electron chi connectivity index (χ2n) is 8.24. The predicted octanol–water partition coefficient (Wildman–Crippen LogP) is 2.97. The van der Waals surface area contributed by atoms with E-state index >= 15 is 0 Å². The Bertz CT molecular complexity index is 1040. The van der Waals surface area contributed by atoms with E-state index in [0.29, 0.717) is 12.0 Å². The van der Waals surface area contributed by atoms with Crippen LogP contribution in [0.25, 0.3) is 10.8 Å². The van der Waals surface area contributed by atoms with E-state index in [9.17, 15) is 4.79 Å². The lowest BCUT2D eigenvalue weighted by Crippen LogP contribution is -2.49. The molecule has 2 fully saturated rings. The Balaban J connectivity index is 1.40. The lowest BCUT2D eigenvalue weighted by atomic mass is 9.83. The van der Waals surface area contributed by atoms with E-state index in [1.54, 1.807) is 6.20 Å². The van der Waals surface area contributed by atoms with Crippen molar-refractivity contribution < 1.29 is 4.79 Å². The molecule has 3 aromatic rings. The van der Waals surface area contributed by atoms with Crippen LogP contribution in [0.2, 0.25) is 0 Å². The number of nitrogens with one attached hydrogen (secondary N) is 2. The number of hydrogen-bond acceptors (Lipinski definition) is 4. The molecule has 0 bridgehead atoms. The maximum absolute atomic E-state index is 13.2. The third-order valence-electron chi connectivity index (χ3n) is 6.62. The van der Waals surface area contributed by atoms with Gasteiger partial charge in [0, 0.05) is 37.4 Å². The fourth-order valence-corrected chi connectivity index (χ4v) is 5.01. The molecule has 5 rings (SSSR count). The van der Waals surface area contributed by atoms with Crippen molar-refractivity contribution in [1.29, 1.82) is 0 Å². The van der Waals surface area contributed by atoms with Crippen molar-refractivity contribution in [3.63, 3.8) is 0 Å². The fourth-order valence-electron chi connectivity index (χ4n) is 5.01. The van der Waals surface area contributed by atoms with Gasteiger partial charge >= 0.3 is 0 Å². The summed E-state index contributed by atoms with van der Waals surface area (Å²) in [4.78, 5) is 19.5. The molecule has 0 spiro atoms. The van der Waals surface area contributed by atoms with Crippen molar-refractivity contribution in [2.24, 2.45) is 5.92 Å². The quantitative estimate of drug-likeness (QED) is 0.723. The number of likely N-dealkylation sites (tertiary alicyclic amines) is 1. The van der Waals surface area contributed by atoms with Gasteiger partial charge in [0.25, 0.3) is 0 Å². The van der Waals surface area contributed by atoms with Gasteiger partial charge in [0.2, 0.25) is 5.91 Å². The highest BCUT2D eigenvalue weighted by molar-refractivity contribution is 5.86. The predicted molar refractivity (Wildman–Crippen MR) is 113 cm³/mol. The van der Waals surface area contributed by atoms with Crippen LogP contribution in [0.4, 0.5) is 0 Å². The highest BCUT2D eigenvalue weighted by atomic mass is 16.2. The smallest absolute Gasteiger partial charge is 0.245 e. The van der Waals surface area contributed by atoms with Gasteiger partial charge in [-0.2, -0.15) is 0 Å². The minimum absolute atomic E-state index is 0.174. The number of aryl methyl sites for hydroxylation is 1. The number of aromatic nitrogens is 2. The van der Waals surface area contributed by atoms with Gasteiger partial charge in [0.1, 0.15) is 11.9 Å². The Kier molecular flexibility index (Phi) is 4.60. The van der Waals surface area contributed by atoms with Crippen LogP contribution in [0.5, 0.6) is 0 Å². The maximum Gasteiger partial charge on any atom is 0.245 e. The van der Waals surface area contributed by atoms with Gasteiger partial charge in [-0.05, 0) is 36.6 Å². The number of rotatable bonds is 3. The number of hydrazine groups is 1. The molecule has 2 aliphatic rings. The highest BCUT2D eigenvalue weighted by Crippen LogP contribution is 2.37. The van der Waals surface area contributed by atoms with E-state index < -0.39 is 0 Å². The van der Waals surface area contributed by atoms with Crippen molar-refractivity contribution in [2.75, 3.05) is 13.1 Å². The monoisotopic (exact) mass is 389 g/mol. The first-order valence-corrected chi connectivity index (χ1v) is 10.4. The summed E-state index contributed by atoms with van der Waals surface area (Å²) < 4.78 is 1.96. The second kappa shape index (κ2) is 7.28. The van der Waals surface area contributed by atoms with Crippen LogP contribution < -0.4 is 10.9 Å². The Labute approximate surface area is 170 Å². The number of piperidine rings is 1. The number of hydrogen-bond donors (Lipinski definition) is 2. The third kappa shape index (κ3) is 3.12. The van der Waals surface area contributed by atoms with Crippen LogP contribution >= 0.6 is 0 Å². The Hall–Kier alpha value is -2.70. The lowest BCUT2D eigenvalue weighted by Gasteiger charge is -2.37. The molecule has 2 saturated heterocycles. The Morgan fingerprint density at radius 1 is 1.17 bits per heavy atom. The molecule has 6 heteroatoms. The first-order chi connectivity index (χ1) is 14.1. The van der Waals surface area contributed by atoms with Gasteiger partial charge in [0.05, 0.1) is 6.04 Å². The average Bonchev–Trinajstić information content (AvgIpc) is 3.38. The summed E-state index contributed by atoms with van der Waals surface area (Å²) in [5.74, 6) is 1.39. The lowest BCUT2D eigenvalue weighted by molar-refractivity contribution is -0.136. The van der Waals surface area contributed by atoms with Gasteiger partial charge in [-0.1, -0.05) is 42.5 Å². The number of fused-ring (bicyclic) bond motifs is 2. The molecular weight excluding hydrogens is 362 g/mol. The molecule has 1 amide bonds. The Morgan fingerprint density at radius 3 is 2.83 bits per heavy atom. The Morgan fingerprint density at radius 2 is 2.00 bits per heavy atom. The molecule has 0 radical (unpaired) electrons. The molecule has 0 saturated carbocycles. The van der Waals surface area contributed by atoms with Crippen molar-refractivity contribution in [3.8, 4) is 0 Å². The third-order valence-corrected chi connectivity index (χ3v) is 6.62. The van der Waals surface area contributed by atoms with Crippen LogP contribution in [0.3, 0.4) is 0 Å².